The zero-order valence-corrected chi connectivity index (χ0v) is 27.5. The van der Waals surface area contributed by atoms with Crippen LogP contribution in [0.3, 0.4) is 0 Å². The molecule has 268 valence electrons. The fourth-order valence-electron chi connectivity index (χ4n) is 4.77. The van der Waals surface area contributed by atoms with Gasteiger partial charge in [-0.05, 0) is 73.4 Å². The van der Waals surface area contributed by atoms with Crippen LogP contribution in [0.25, 0.3) is 0 Å². The summed E-state index contributed by atoms with van der Waals surface area (Å²) in [5.74, 6) is -4.49. The summed E-state index contributed by atoms with van der Waals surface area (Å²) in [5.41, 5.74) is 0.700. The molecule has 5 rings (SSSR count). The number of benzene rings is 3. The molecule has 1 heterocycles. The van der Waals surface area contributed by atoms with Crippen LogP contribution in [0.5, 0.6) is 6.01 Å². The maximum absolute atomic E-state index is 13.8. The van der Waals surface area contributed by atoms with E-state index in [0.717, 1.165) is 35.4 Å². The number of alkyl halides is 3. The summed E-state index contributed by atoms with van der Waals surface area (Å²) in [5, 5.41) is 11.4. The van der Waals surface area contributed by atoms with E-state index in [-0.39, 0.29) is 42.7 Å². The zero-order chi connectivity index (χ0) is 36.8. The largest absolute Gasteiger partial charge is 0.454 e. The van der Waals surface area contributed by atoms with Crippen molar-refractivity contribution in [3.05, 3.63) is 94.5 Å². The quantitative estimate of drug-likeness (QED) is 0.0759. The number of ether oxygens (including phenoxy) is 1. The average molecular weight is 733 g/mol. The van der Waals surface area contributed by atoms with Gasteiger partial charge in [0.1, 0.15) is 11.6 Å². The molecule has 0 saturated heterocycles. The Balaban J connectivity index is 1.14. The second kappa shape index (κ2) is 15.5. The highest BCUT2D eigenvalue weighted by molar-refractivity contribution is 6.39. The summed E-state index contributed by atoms with van der Waals surface area (Å²) in [6.45, 7) is -1.38. The van der Waals surface area contributed by atoms with E-state index in [1.54, 1.807) is 12.1 Å². The van der Waals surface area contributed by atoms with Crippen molar-refractivity contribution >= 4 is 52.6 Å². The van der Waals surface area contributed by atoms with Crippen LogP contribution < -0.4 is 26.0 Å². The number of anilines is 4. The second-order valence-electron chi connectivity index (χ2n) is 11.5. The molecule has 0 atom stereocenters. The lowest BCUT2D eigenvalue weighted by molar-refractivity contribution is -0.154. The first-order valence-electron chi connectivity index (χ1n) is 15.4. The molecule has 0 bridgehead atoms. The van der Waals surface area contributed by atoms with Crippen molar-refractivity contribution < 1.29 is 41.1 Å². The van der Waals surface area contributed by atoms with Gasteiger partial charge in [-0.1, -0.05) is 23.7 Å². The van der Waals surface area contributed by atoms with Crippen molar-refractivity contribution in [2.75, 3.05) is 42.7 Å². The van der Waals surface area contributed by atoms with Gasteiger partial charge in [-0.25, -0.2) is 8.78 Å². The van der Waals surface area contributed by atoms with Crippen LogP contribution in [0.4, 0.5) is 45.2 Å². The van der Waals surface area contributed by atoms with Gasteiger partial charge in [0.05, 0.1) is 11.2 Å². The van der Waals surface area contributed by atoms with Crippen molar-refractivity contribution in [2.45, 2.75) is 31.0 Å². The highest BCUT2D eigenvalue weighted by atomic mass is 35.5. The SMILES string of the molecule is CN(CCCNC(=O)c1ccc(Nc2nc(NC3(c4ccc(Cl)cc4)CC3)nc(OCC(F)(F)F)n2)cc1)C(=O)C(=O)Nc1ccc(F)cc1F. The van der Waals surface area contributed by atoms with Gasteiger partial charge in [0.15, 0.2) is 6.61 Å². The first kappa shape index (κ1) is 36.7. The smallest absolute Gasteiger partial charge is 0.422 e. The normalized spacial score (nSPS) is 13.2. The molecule has 3 aromatic carbocycles. The summed E-state index contributed by atoms with van der Waals surface area (Å²) in [4.78, 5) is 50.6. The van der Waals surface area contributed by atoms with E-state index < -0.39 is 53.7 Å². The zero-order valence-electron chi connectivity index (χ0n) is 26.8. The maximum Gasteiger partial charge on any atom is 0.422 e. The Kier molecular flexibility index (Phi) is 11.2. The minimum absolute atomic E-state index is 0.0112. The van der Waals surface area contributed by atoms with Crippen molar-refractivity contribution in [1.82, 2.24) is 25.2 Å². The third-order valence-electron chi connectivity index (χ3n) is 7.56. The molecule has 0 aliphatic heterocycles. The molecule has 1 fully saturated rings. The van der Waals surface area contributed by atoms with Crippen LogP contribution in [-0.4, -0.2) is 70.5 Å². The van der Waals surface area contributed by atoms with Crippen LogP contribution in [0.15, 0.2) is 66.7 Å². The summed E-state index contributed by atoms with van der Waals surface area (Å²) in [6.07, 6.45) is -2.90. The molecule has 4 aromatic rings. The van der Waals surface area contributed by atoms with E-state index in [1.165, 1.54) is 31.3 Å². The number of nitrogens with one attached hydrogen (secondary N) is 4. The van der Waals surface area contributed by atoms with Crippen molar-refractivity contribution in [2.24, 2.45) is 0 Å². The molecule has 3 amide bonds. The third kappa shape index (κ3) is 10.2. The Morgan fingerprint density at radius 3 is 2.27 bits per heavy atom. The fourth-order valence-corrected chi connectivity index (χ4v) is 4.89. The van der Waals surface area contributed by atoms with Crippen LogP contribution in [0.1, 0.15) is 35.2 Å². The number of amides is 3. The lowest BCUT2D eigenvalue weighted by atomic mass is 10.1. The summed E-state index contributed by atoms with van der Waals surface area (Å²) >= 11 is 6.01. The van der Waals surface area contributed by atoms with E-state index >= 15 is 0 Å². The molecule has 0 radical (unpaired) electrons. The second-order valence-corrected chi connectivity index (χ2v) is 11.9. The number of rotatable bonds is 13. The van der Waals surface area contributed by atoms with Gasteiger partial charge in [0.25, 0.3) is 5.91 Å². The number of nitrogens with zero attached hydrogens (tertiary/aromatic N) is 4. The van der Waals surface area contributed by atoms with Crippen molar-refractivity contribution in [1.29, 1.82) is 0 Å². The van der Waals surface area contributed by atoms with E-state index in [1.807, 2.05) is 12.1 Å². The molecule has 1 aliphatic rings. The monoisotopic (exact) mass is 732 g/mol. The number of halogens is 6. The van der Waals surface area contributed by atoms with E-state index in [2.05, 4.69) is 36.2 Å². The summed E-state index contributed by atoms with van der Waals surface area (Å²) < 4.78 is 70.3. The number of carbonyl (C=O) groups excluding carboxylic acids is 3. The van der Waals surface area contributed by atoms with E-state index in [0.29, 0.717) is 16.8 Å². The number of hydrogen-bond donors (Lipinski definition) is 4. The molecular weight excluding hydrogens is 703 g/mol. The van der Waals surface area contributed by atoms with Crippen molar-refractivity contribution in [3.8, 4) is 6.01 Å². The predicted molar refractivity (Wildman–Crippen MR) is 177 cm³/mol. The van der Waals surface area contributed by atoms with E-state index in [9.17, 15) is 36.3 Å². The Hall–Kier alpha value is -5.58. The fraction of sp³-hybridized carbons (Fsp3) is 0.273. The van der Waals surface area contributed by atoms with Gasteiger partial charge in [-0.2, -0.15) is 28.1 Å². The van der Waals surface area contributed by atoms with Crippen LogP contribution in [0, 0.1) is 11.6 Å². The minimum Gasteiger partial charge on any atom is -0.454 e. The molecule has 0 unspecified atom stereocenters. The summed E-state index contributed by atoms with van der Waals surface area (Å²) in [7, 11) is 1.36. The van der Waals surface area contributed by atoms with Crippen LogP contribution >= 0.6 is 11.6 Å². The Morgan fingerprint density at radius 1 is 0.941 bits per heavy atom. The van der Waals surface area contributed by atoms with Gasteiger partial charge in [0, 0.05) is 42.5 Å². The lowest BCUT2D eigenvalue weighted by Crippen LogP contribution is -2.38. The van der Waals surface area contributed by atoms with Crippen molar-refractivity contribution in [3.63, 3.8) is 0 Å². The average Bonchev–Trinajstić information content (AvgIpc) is 3.86. The molecule has 0 spiro atoms. The number of carbonyl (C=O) groups is 3. The number of hydrogen-bond acceptors (Lipinski definition) is 9. The predicted octanol–water partition coefficient (Wildman–Crippen LogP) is 5.81. The lowest BCUT2D eigenvalue weighted by Gasteiger charge is -2.19. The van der Waals surface area contributed by atoms with Gasteiger partial charge in [-0.3, -0.25) is 14.4 Å². The molecule has 51 heavy (non-hydrogen) atoms. The van der Waals surface area contributed by atoms with Gasteiger partial charge in [0.2, 0.25) is 11.9 Å². The number of likely N-dealkylation sites (N-methyl/N-ethyl adjacent to an activating group) is 1. The highest BCUT2D eigenvalue weighted by Crippen LogP contribution is 2.48. The topological polar surface area (TPSA) is 150 Å². The standard InChI is InChI=1S/C33H30ClF5N8O4/c1-47(28(50)27(49)42-25-12-9-22(35)17-24(25)36)16-2-15-40-26(48)19-3-10-23(11-4-19)41-29-43-30(45-31(44-29)51-18-33(37,38)39)46-32(13-14-32)20-5-7-21(34)8-6-20/h3-12,17H,2,13-16,18H2,1H3,(H,40,48)(H,42,49)(H2,41,43,44,45,46). The van der Waals surface area contributed by atoms with Crippen LogP contribution in [0.2, 0.25) is 5.02 Å². The van der Waals surface area contributed by atoms with Crippen LogP contribution in [-0.2, 0) is 15.1 Å². The van der Waals surface area contributed by atoms with Gasteiger partial charge in [-0.15, -0.1) is 0 Å². The Morgan fingerprint density at radius 2 is 1.63 bits per heavy atom. The third-order valence-corrected chi connectivity index (χ3v) is 7.81. The summed E-state index contributed by atoms with van der Waals surface area (Å²) in [6, 6.07) is 15.2. The van der Waals surface area contributed by atoms with Gasteiger partial charge < -0.3 is 30.9 Å². The maximum atomic E-state index is 13.8. The molecule has 18 heteroatoms. The molecule has 1 aliphatic carbocycles. The molecule has 1 saturated carbocycles. The molecule has 1 aromatic heterocycles. The molecular formula is C33H30ClF5N8O4. The molecule has 12 nitrogen and oxygen atoms in total. The Labute approximate surface area is 292 Å². The molecule has 4 N–H and O–H groups in total. The van der Waals surface area contributed by atoms with Gasteiger partial charge >= 0.3 is 24.0 Å². The first-order valence-corrected chi connectivity index (χ1v) is 15.7. The Bertz CT molecular complexity index is 1890. The minimum atomic E-state index is -4.62. The highest BCUT2D eigenvalue weighted by Gasteiger charge is 2.45. The number of aromatic nitrogens is 3. The first-order chi connectivity index (χ1) is 24.2. The van der Waals surface area contributed by atoms with E-state index in [4.69, 9.17) is 16.3 Å².